The van der Waals surface area contributed by atoms with Crippen molar-refractivity contribution in [2.75, 3.05) is 0 Å². The molecule has 0 atom stereocenters. The second-order valence-corrected chi connectivity index (χ2v) is 4.36. The molecule has 0 rings (SSSR count). The summed E-state index contributed by atoms with van der Waals surface area (Å²) >= 11 is 0. The van der Waals surface area contributed by atoms with Gasteiger partial charge in [0.15, 0.2) is 0 Å². The average Bonchev–Trinajstić information content (AvgIpc) is 2.27. The molecular weight excluding hydrogens is 264 g/mol. The van der Waals surface area contributed by atoms with E-state index >= 15 is 0 Å². The highest BCUT2D eigenvalue weighted by Crippen LogP contribution is 2.15. The fourth-order valence-corrected chi connectivity index (χ4v) is 1.29. The van der Waals surface area contributed by atoms with Crippen molar-refractivity contribution in [3.8, 4) is 0 Å². The molecular formula is C14H28O6. The molecule has 120 valence electrons. The van der Waals surface area contributed by atoms with Crippen LogP contribution in [-0.4, -0.2) is 33.2 Å². The second kappa shape index (κ2) is 17.4. The standard InChI is InChI=1S/C10H20O2.2C2H4O2/c1-3-5-7-9(10(11)12)8-6-4-2;2*1-2(3)4/h9H,3-8H2,1-2H3,(H,11,12);2*1H3,(H,3,4). The van der Waals surface area contributed by atoms with Crippen LogP contribution in [0.4, 0.5) is 0 Å². The quantitative estimate of drug-likeness (QED) is 0.664. The Bertz CT molecular complexity index is 234. The third-order valence-electron chi connectivity index (χ3n) is 2.16. The summed E-state index contributed by atoms with van der Waals surface area (Å²) in [5.74, 6) is -2.37. The van der Waals surface area contributed by atoms with Crippen molar-refractivity contribution in [3.05, 3.63) is 0 Å². The monoisotopic (exact) mass is 292 g/mol. The Labute approximate surface area is 120 Å². The SMILES string of the molecule is CC(=O)O.CC(=O)O.CCCCC(CCCC)C(=O)O. The van der Waals surface area contributed by atoms with Gasteiger partial charge in [-0.05, 0) is 12.8 Å². The van der Waals surface area contributed by atoms with Gasteiger partial charge in [0.25, 0.3) is 11.9 Å². The highest BCUT2D eigenvalue weighted by molar-refractivity contribution is 5.69. The maximum absolute atomic E-state index is 10.7. The Balaban J connectivity index is -0.000000297. The van der Waals surface area contributed by atoms with Gasteiger partial charge in [0, 0.05) is 13.8 Å². The summed E-state index contributed by atoms with van der Waals surface area (Å²) in [6.07, 6.45) is 5.98. The molecule has 0 bridgehead atoms. The number of rotatable bonds is 7. The zero-order valence-electron chi connectivity index (χ0n) is 12.9. The van der Waals surface area contributed by atoms with E-state index in [0.29, 0.717) is 0 Å². The largest absolute Gasteiger partial charge is 0.481 e. The molecule has 0 aliphatic rings. The van der Waals surface area contributed by atoms with Crippen LogP contribution in [0, 0.1) is 5.92 Å². The van der Waals surface area contributed by atoms with E-state index in [1.807, 2.05) is 0 Å². The molecule has 0 saturated carbocycles. The van der Waals surface area contributed by atoms with Crippen molar-refractivity contribution in [1.29, 1.82) is 0 Å². The van der Waals surface area contributed by atoms with Gasteiger partial charge in [-0.15, -0.1) is 0 Å². The van der Waals surface area contributed by atoms with Crippen LogP contribution in [0.5, 0.6) is 0 Å². The van der Waals surface area contributed by atoms with E-state index < -0.39 is 17.9 Å². The third kappa shape index (κ3) is 36.0. The lowest BCUT2D eigenvalue weighted by molar-refractivity contribution is -0.142. The van der Waals surface area contributed by atoms with E-state index in [1.54, 1.807) is 0 Å². The molecule has 0 amide bonds. The number of unbranched alkanes of at least 4 members (excludes halogenated alkanes) is 2. The molecule has 6 nitrogen and oxygen atoms in total. The molecule has 0 aromatic heterocycles. The van der Waals surface area contributed by atoms with E-state index in [0.717, 1.165) is 52.4 Å². The smallest absolute Gasteiger partial charge is 0.306 e. The molecule has 0 aliphatic heterocycles. The lowest BCUT2D eigenvalue weighted by Crippen LogP contribution is -2.13. The zero-order chi connectivity index (χ0) is 16.6. The summed E-state index contributed by atoms with van der Waals surface area (Å²) in [4.78, 5) is 28.7. The van der Waals surface area contributed by atoms with Crippen molar-refractivity contribution < 1.29 is 29.7 Å². The first kappa shape index (κ1) is 23.5. The van der Waals surface area contributed by atoms with E-state index in [-0.39, 0.29) is 5.92 Å². The summed E-state index contributed by atoms with van der Waals surface area (Å²) in [7, 11) is 0. The molecule has 0 heterocycles. The van der Waals surface area contributed by atoms with Gasteiger partial charge in [-0.2, -0.15) is 0 Å². The van der Waals surface area contributed by atoms with Gasteiger partial charge in [0.1, 0.15) is 0 Å². The number of aliphatic carboxylic acids is 3. The minimum Gasteiger partial charge on any atom is -0.481 e. The summed E-state index contributed by atoms with van der Waals surface area (Å²) in [5.41, 5.74) is 0. The fourth-order valence-electron chi connectivity index (χ4n) is 1.29. The highest BCUT2D eigenvalue weighted by atomic mass is 16.4. The lowest BCUT2D eigenvalue weighted by Gasteiger charge is -2.10. The molecule has 0 unspecified atom stereocenters. The highest BCUT2D eigenvalue weighted by Gasteiger charge is 2.15. The van der Waals surface area contributed by atoms with Crippen LogP contribution in [0.15, 0.2) is 0 Å². The number of hydrogen-bond donors (Lipinski definition) is 3. The first-order valence-electron chi connectivity index (χ1n) is 6.80. The van der Waals surface area contributed by atoms with E-state index in [1.165, 1.54) is 0 Å². The van der Waals surface area contributed by atoms with Gasteiger partial charge >= 0.3 is 5.97 Å². The van der Waals surface area contributed by atoms with Crippen molar-refractivity contribution in [2.45, 2.75) is 66.2 Å². The molecule has 0 spiro atoms. The van der Waals surface area contributed by atoms with E-state index in [2.05, 4.69) is 13.8 Å². The average molecular weight is 292 g/mol. The minimum atomic E-state index is -0.833. The van der Waals surface area contributed by atoms with E-state index in [9.17, 15) is 4.79 Å². The third-order valence-corrected chi connectivity index (χ3v) is 2.16. The van der Waals surface area contributed by atoms with Crippen molar-refractivity contribution in [1.82, 2.24) is 0 Å². The molecule has 6 heteroatoms. The maximum atomic E-state index is 10.7. The summed E-state index contributed by atoms with van der Waals surface area (Å²) < 4.78 is 0. The Morgan fingerprint density at radius 2 is 1.05 bits per heavy atom. The minimum absolute atomic E-state index is 0.0927. The Morgan fingerprint density at radius 1 is 0.800 bits per heavy atom. The molecule has 0 fully saturated rings. The van der Waals surface area contributed by atoms with Gasteiger partial charge in [-0.1, -0.05) is 39.5 Å². The zero-order valence-corrected chi connectivity index (χ0v) is 12.9. The van der Waals surface area contributed by atoms with Gasteiger partial charge in [0.2, 0.25) is 0 Å². The predicted octanol–water partition coefficient (Wildman–Crippen LogP) is 3.25. The molecule has 0 aromatic carbocycles. The first-order valence-corrected chi connectivity index (χ1v) is 6.80. The Kier molecular flexibility index (Phi) is 20.5. The van der Waals surface area contributed by atoms with Crippen molar-refractivity contribution in [3.63, 3.8) is 0 Å². The number of carbonyl (C=O) groups is 3. The van der Waals surface area contributed by atoms with Crippen LogP contribution >= 0.6 is 0 Å². The summed E-state index contributed by atoms with van der Waals surface area (Å²) in [6.45, 7) is 6.36. The molecule has 0 radical (unpaired) electrons. The molecule has 20 heavy (non-hydrogen) atoms. The lowest BCUT2D eigenvalue weighted by atomic mass is 9.96. The molecule has 3 N–H and O–H groups in total. The van der Waals surface area contributed by atoms with E-state index in [4.69, 9.17) is 24.9 Å². The Morgan fingerprint density at radius 3 is 1.20 bits per heavy atom. The van der Waals surface area contributed by atoms with Gasteiger partial charge in [-0.25, -0.2) is 0 Å². The van der Waals surface area contributed by atoms with Crippen LogP contribution < -0.4 is 0 Å². The maximum Gasteiger partial charge on any atom is 0.306 e. The number of carboxylic acid groups (broad SMARTS) is 3. The van der Waals surface area contributed by atoms with Crippen LogP contribution in [-0.2, 0) is 14.4 Å². The van der Waals surface area contributed by atoms with Crippen molar-refractivity contribution >= 4 is 17.9 Å². The van der Waals surface area contributed by atoms with Gasteiger partial charge in [-0.3, -0.25) is 14.4 Å². The second-order valence-electron chi connectivity index (χ2n) is 4.36. The molecule has 0 saturated heterocycles. The Hall–Kier alpha value is -1.59. The van der Waals surface area contributed by atoms with Crippen molar-refractivity contribution in [2.24, 2.45) is 5.92 Å². The predicted molar refractivity (Wildman–Crippen MR) is 76.8 cm³/mol. The number of carboxylic acids is 3. The molecule has 0 aliphatic carbocycles. The van der Waals surface area contributed by atoms with Gasteiger partial charge in [0.05, 0.1) is 5.92 Å². The van der Waals surface area contributed by atoms with Gasteiger partial charge < -0.3 is 15.3 Å². The molecule has 0 aromatic rings. The number of hydrogen-bond acceptors (Lipinski definition) is 3. The van der Waals surface area contributed by atoms with Crippen LogP contribution in [0.1, 0.15) is 66.2 Å². The summed E-state index contributed by atoms with van der Waals surface area (Å²) in [5, 5.41) is 23.7. The first-order chi connectivity index (χ1) is 9.18. The van der Waals surface area contributed by atoms with Crippen LogP contribution in [0.3, 0.4) is 0 Å². The topological polar surface area (TPSA) is 112 Å². The summed E-state index contributed by atoms with van der Waals surface area (Å²) in [6, 6.07) is 0. The van der Waals surface area contributed by atoms with Crippen LogP contribution in [0.2, 0.25) is 0 Å². The van der Waals surface area contributed by atoms with Crippen LogP contribution in [0.25, 0.3) is 0 Å². The normalized spacial score (nSPS) is 8.85. The fraction of sp³-hybridized carbons (Fsp3) is 0.786.